The Labute approximate surface area is 196 Å². The average molecular weight is 490 g/mol. The van der Waals surface area contributed by atoms with E-state index < -0.39 is 60.2 Å². The van der Waals surface area contributed by atoms with Crippen LogP contribution >= 0.6 is 0 Å². The molecule has 0 saturated carbocycles. The van der Waals surface area contributed by atoms with Gasteiger partial charge in [0.2, 0.25) is 17.5 Å². The number of carbonyl (C=O) groups is 1. The molecule has 12 nitrogen and oxygen atoms in total. The molecule has 4 rings (SSSR count). The van der Waals surface area contributed by atoms with E-state index in [0.29, 0.717) is 0 Å². The Morgan fingerprint density at radius 2 is 1.66 bits per heavy atom. The molecule has 1 aliphatic heterocycles. The van der Waals surface area contributed by atoms with Crippen LogP contribution in [-0.4, -0.2) is 73.9 Å². The lowest BCUT2D eigenvalue weighted by atomic mass is 9.99. The first-order valence-electron chi connectivity index (χ1n) is 10.4. The van der Waals surface area contributed by atoms with Crippen LogP contribution in [-0.2, 0) is 14.3 Å². The second kappa shape index (κ2) is 9.43. The fourth-order valence-corrected chi connectivity index (χ4v) is 3.65. The Morgan fingerprint density at radius 3 is 2.31 bits per heavy atom. The minimum atomic E-state index is -1.84. The summed E-state index contributed by atoms with van der Waals surface area (Å²) in [4.78, 5) is 24.5. The van der Waals surface area contributed by atoms with Gasteiger partial charge < -0.3 is 49.3 Å². The second-order valence-electron chi connectivity index (χ2n) is 7.91. The molecule has 0 amide bonds. The number of aliphatic hydroxyl groups excluding tert-OH is 3. The summed E-state index contributed by atoms with van der Waals surface area (Å²) in [7, 11) is 0. The maximum Gasteiger partial charge on any atom is 0.302 e. The van der Waals surface area contributed by atoms with Gasteiger partial charge in [-0.05, 0) is 24.3 Å². The lowest BCUT2D eigenvalue weighted by Crippen LogP contribution is -2.60. The Balaban J connectivity index is 1.81. The Hall–Kier alpha value is -3.84. The lowest BCUT2D eigenvalue weighted by Gasteiger charge is -2.39. The van der Waals surface area contributed by atoms with Crippen LogP contribution in [0, 0.1) is 0 Å². The minimum absolute atomic E-state index is 0.0777. The van der Waals surface area contributed by atoms with Gasteiger partial charge in [-0.3, -0.25) is 9.59 Å². The largest absolute Gasteiger partial charge is 0.508 e. The third-order valence-corrected chi connectivity index (χ3v) is 5.40. The molecule has 0 bridgehead atoms. The predicted octanol–water partition coefficient (Wildman–Crippen LogP) is 0.326. The second-order valence-corrected chi connectivity index (χ2v) is 7.91. The standard InChI is InChI=1S/C23H22O12/c1-9(24)32-8-15-17(28)19(30)20(31)23(34-15)35-22-18(29)16-13(27)6-12(26)7-14(16)33-21(22)10-2-4-11(25)5-3-10/h2-7,15,17,19-20,23,25-28,30-31H,8H2,1H3/t15?,17-,19?,20?,23-/m0/s1. The van der Waals surface area contributed by atoms with Crippen molar-refractivity contribution in [1.82, 2.24) is 0 Å². The number of rotatable bonds is 5. The monoisotopic (exact) mass is 490 g/mol. The van der Waals surface area contributed by atoms with Crippen molar-refractivity contribution in [3.8, 4) is 34.3 Å². The molecule has 35 heavy (non-hydrogen) atoms. The van der Waals surface area contributed by atoms with Crippen molar-refractivity contribution in [2.45, 2.75) is 37.6 Å². The summed E-state index contributed by atoms with van der Waals surface area (Å²) >= 11 is 0. The van der Waals surface area contributed by atoms with E-state index in [-0.39, 0.29) is 33.8 Å². The fraction of sp³-hybridized carbons (Fsp3) is 0.304. The van der Waals surface area contributed by atoms with Gasteiger partial charge in [-0.25, -0.2) is 0 Å². The Bertz CT molecular complexity index is 1300. The normalized spacial score (nSPS) is 24.3. The molecule has 0 radical (unpaired) electrons. The average Bonchev–Trinajstić information content (AvgIpc) is 2.80. The van der Waals surface area contributed by atoms with Crippen LogP contribution in [0.3, 0.4) is 0 Å². The molecule has 12 heteroatoms. The number of phenolic OH excluding ortho intramolecular Hbond substituents is 3. The van der Waals surface area contributed by atoms with Gasteiger partial charge in [0.25, 0.3) is 0 Å². The summed E-state index contributed by atoms with van der Waals surface area (Å²) in [5.74, 6) is -2.49. The van der Waals surface area contributed by atoms with Gasteiger partial charge in [0.15, 0.2) is 5.76 Å². The smallest absolute Gasteiger partial charge is 0.302 e. The molecular formula is C23H22O12. The highest BCUT2D eigenvalue weighted by molar-refractivity contribution is 5.88. The van der Waals surface area contributed by atoms with Crippen molar-refractivity contribution < 1.29 is 54.1 Å². The number of esters is 1. The van der Waals surface area contributed by atoms with Crippen LogP contribution in [0.1, 0.15) is 6.92 Å². The van der Waals surface area contributed by atoms with Crippen LogP contribution in [0.15, 0.2) is 45.6 Å². The minimum Gasteiger partial charge on any atom is -0.508 e. The predicted molar refractivity (Wildman–Crippen MR) is 117 cm³/mol. The third kappa shape index (κ3) is 4.72. The van der Waals surface area contributed by atoms with Gasteiger partial charge in [-0.2, -0.15) is 0 Å². The van der Waals surface area contributed by atoms with Crippen molar-refractivity contribution in [2.75, 3.05) is 6.61 Å². The first-order valence-corrected chi connectivity index (χ1v) is 10.4. The number of benzene rings is 2. The number of hydrogen-bond donors (Lipinski definition) is 6. The van der Waals surface area contributed by atoms with Crippen molar-refractivity contribution >= 4 is 16.9 Å². The molecule has 186 valence electrons. The molecular weight excluding hydrogens is 468 g/mol. The van der Waals surface area contributed by atoms with Gasteiger partial charge in [0, 0.05) is 24.6 Å². The zero-order valence-electron chi connectivity index (χ0n) is 18.2. The molecule has 3 aromatic rings. The van der Waals surface area contributed by atoms with Crippen LogP contribution < -0.4 is 10.2 Å². The van der Waals surface area contributed by atoms with Gasteiger partial charge in [0.05, 0.1) is 0 Å². The van der Waals surface area contributed by atoms with Gasteiger partial charge in [-0.1, -0.05) is 0 Å². The number of fused-ring (bicyclic) bond motifs is 1. The summed E-state index contributed by atoms with van der Waals surface area (Å²) in [5, 5.41) is 60.2. The topological polar surface area (TPSA) is 196 Å². The van der Waals surface area contributed by atoms with Crippen LogP contribution in [0.4, 0.5) is 0 Å². The summed E-state index contributed by atoms with van der Waals surface area (Å²) in [6.45, 7) is 0.653. The first-order chi connectivity index (χ1) is 16.6. The van der Waals surface area contributed by atoms with Gasteiger partial charge >= 0.3 is 5.97 Å². The Kier molecular flexibility index (Phi) is 6.54. The molecule has 1 aromatic heterocycles. The molecule has 6 N–H and O–H groups in total. The van der Waals surface area contributed by atoms with E-state index in [1.807, 2.05) is 0 Å². The number of carbonyl (C=O) groups excluding carboxylic acids is 1. The van der Waals surface area contributed by atoms with Gasteiger partial charge in [0.1, 0.15) is 59.2 Å². The molecule has 0 aliphatic carbocycles. The van der Waals surface area contributed by atoms with Crippen LogP contribution in [0.5, 0.6) is 23.0 Å². The molecule has 2 heterocycles. The number of hydrogen-bond acceptors (Lipinski definition) is 12. The highest BCUT2D eigenvalue weighted by Crippen LogP contribution is 2.37. The Morgan fingerprint density at radius 1 is 0.971 bits per heavy atom. The first kappa shape index (κ1) is 24.3. The van der Waals surface area contributed by atoms with E-state index in [4.69, 9.17) is 18.6 Å². The van der Waals surface area contributed by atoms with E-state index in [1.165, 1.54) is 24.3 Å². The van der Waals surface area contributed by atoms with Crippen molar-refractivity contribution in [1.29, 1.82) is 0 Å². The highest BCUT2D eigenvalue weighted by Gasteiger charge is 2.46. The zero-order chi connectivity index (χ0) is 25.4. The molecule has 1 saturated heterocycles. The molecule has 0 spiro atoms. The van der Waals surface area contributed by atoms with Gasteiger partial charge in [-0.15, -0.1) is 0 Å². The lowest BCUT2D eigenvalue weighted by molar-refractivity contribution is -0.278. The number of aliphatic hydroxyl groups is 3. The third-order valence-electron chi connectivity index (χ3n) is 5.40. The van der Waals surface area contributed by atoms with Crippen LogP contribution in [0.25, 0.3) is 22.3 Å². The molecule has 5 atom stereocenters. The highest BCUT2D eigenvalue weighted by atomic mass is 16.7. The van der Waals surface area contributed by atoms with E-state index in [2.05, 4.69) is 0 Å². The molecule has 1 aliphatic rings. The maximum absolute atomic E-state index is 13.4. The molecule has 3 unspecified atom stereocenters. The van der Waals surface area contributed by atoms with E-state index >= 15 is 0 Å². The van der Waals surface area contributed by atoms with Crippen molar-refractivity contribution in [2.24, 2.45) is 0 Å². The molecule has 1 fully saturated rings. The van der Waals surface area contributed by atoms with E-state index in [9.17, 15) is 40.2 Å². The van der Waals surface area contributed by atoms with Crippen LogP contribution in [0.2, 0.25) is 0 Å². The summed E-state index contributed by atoms with van der Waals surface area (Å²) in [5.41, 5.74) is -0.849. The quantitative estimate of drug-likeness (QED) is 0.268. The number of phenols is 3. The van der Waals surface area contributed by atoms with Crippen molar-refractivity contribution in [3.05, 3.63) is 46.6 Å². The summed E-state index contributed by atoms with van der Waals surface area (Å²) in [6, 6.07) is 7.44. The fourth-order valence-electron chi connectivity index (χ4n) is 3.65. The number of ether oxygens (including phenoxy) is 3. The zero-order valence-corrected chi connectivity index (χ0v) is 18.2. The summed E-state index contributed by atoms with van der Waals surface area (Å²) < 4.78 is 21.7. The SMILES string of the molecule is CC(=O)OCC1O[C@@H](Oc2c(-c3ccc(O)cc3)oc3cc(O)cc(O)c3c2=O)C(O)C(O)[C@H]1O. The summed E-state index contributed by atoms with van der Waals surface area (Å²) in [6.07, 6.45) is -8.30. The van der Waals surface area contributed by atoms with E-state index in [0.717, 1.165) is 19.1 Å². The van der Waals surface area contributed by atoms with E-state index in [1.54, 1.807) is 0 Å². The molecule has 2 aromatic carbocycles. The van der Waals surface area contributed by atoms with Crippen molar-refractivity contribution in [3.63, 3.8) is 0 Å². The maximum atomic E-state index is 13.4. The number of aromatic hydroxyl groups is 3.